The van der Waals surface area contributed by atoms with E-state index < -0.39 is 0 Å². The average Bonchev–Trinajstić information content (AvgIpc) is 2.30. The van der Waals surface area contributed by atoms with Gasteiger partial charge in [-0.2, -0.15) is 0 Å². The molecular formula is C19H36. The minimum absolute atomic E-state index is 0.518. The molecule has 2 aliphatic rings. The molecule has 2 unspecified atom stereocenters. The van der Waals surface area contributed by atoms with Crippen LogP contribution in [-0.4, -0.2) is 0 Å². The van der Waals surface area contributed by atoms with E-state index in [0.717, 1.165) is 11.8 Å². The van der Waals surface area contributed by atoms with Crippen LogP contribution >= 0.6 is 0 Å². The lowest BCUT2D eigenvalue weighted by Crippen LogP contribution is -2.42. The molecule has 0 nitrogen and oxygen atoms in total. The van der Waals surface area contributed by atoms with Crippen molar-refractivity contribution in [3.63, 3.8) is 0 Å². The van der Waals surface area contributed by atoms with Gasteiger partial charge in [0.05, 0.1) is 0 Å². The first-order valence-corrected chi connectivity index (χ1v) is 8.35. The molecule has 0 spiro atoms. The summed E-state index contributed by atoms with van der Waals surface area (Å²) in [5.41, 5.74) is 2.16. The molecular weight excluding hydrogens is 228 g/mol. The van der Waals surface area contributed by atoms with Crippen LogP contribution in [0.3, 0.4) is 0 Å². The molecule has 0 aromatic carbocycles. The van der Waals surface area contributed by atoms with E-state index in [0.29, 0.717) is 21.7 Å². The highest BCUT2D eigenvalue weighted by Gasteiger charge is 2.53. The van der Waals surface area contributed by atoms with Crippen molar-refractivity contribution >= 4 is 0 Å². The zero-order chi connectivity index (χ0) is 14.7. The van der Waals surface area contributed by atoms with Crippen molar-refractivity contribution in [2.24, 2.45) is 33.5 Å². The quantitative estimate of drug-likeness (QED) is 0.521. The Balaban J connectivity index is 2.23. The van der Waals surface area contributed by atoms with Gasteiger partial charge in [-0.05, 0) is 65.6 Å². The molecule has 2 aliphatic carbocycles. The summed E-state index contributed by atoms with van der Waals surface area (Å²) < 4.78 is 0. The Morgan fingerprint density at radius 2 is 1.11 bits per heavy atom. The lowest BCUT2D eigenvalue weighted by atomic mass is 9.54. The summed E-state index contributed by atoms with van der Waals surface area (Å²) in [6.45, 7) is 20.0. The van der Waals surface area contributed by atoms with Gasteiger partial charge in [-0.15, -0.1) is 0 Å². The molecule has 0 amide bonds. The smallest absolute Gasteiger partial charge is 0.0318 e. The molecule has 2 fully saturated rings. The zero-order valence-electron chi connectivity index (χ0n) is 14.7. The molecule has 0 bridgehead atoms. The van der Waals surface area contributed by atoms with Crippen molar-refractivity contribution in [2.45, 2.75) is 87.5 Å². The second-order valence-corrected chi connectivity index (χ2v) is 10.6. The monoisotopic (exact) mass is 264 g/mol. The minimum Gasteiger partial charge on any atom is -0.0599 e. The van der Waals surface area contributed by atoms with Gasteiger partial charge in [0, 0.05) is 0 Å². The maximum Gasteiger partial charge on any atom is -0.0318 e. The first kappa shape index (κ1) is 15.4. The number of rotatable bonds is 1. The molecule has 2 atom stereocenters. The van der Waals surface area contributed by atoms with Crippen LogP contribution in [0.1, 0.15) is 87.5 Å². The lowest BCUT2D eigenvalue weighted by Gasteiger charge is -2.51. The number of hydrogen-bond donors (Lipinski definition) is 0. The van der Waals surface area contributed by atoms with E-state index in [2.05, 4.69) is 55.4 Å². The maximum absolute atomic E-state index is 2.54. The SMILES string of the molecule is CC1(C)CCC(C2CC(C)(C)CC2(C)C)C(C)(C)C1. The van der Waals surface area contributed by atoms with Crippen molar-refractivity contribution < 1.29 is 0 Å². The second-order valence-electron chi connectivity index (χ2n) is 10.6. The fourth-order valence-electron chi connectivity index (χ4n) is 6.13. The molecule has 0 N–H and O–H groups in total. The molecule has 0 heteroatoms. The Bertz CT molecular complexity index is 343. The Kier molecular flexibility index (Phi) is 3.44. The summed E-state index contributed by atoms with van der Waals surface area (Å²) in [6, 6.07) is 0. The van der Waals surface area contributed by atoms with Crippen LogP contribution in [0.5, 0.6) is 0 Å². The summed E-state index contributed by atoms with van der Waals surface area (Å²) in [7, 11) is 0. The van der Waals surface area contributed by atoms with E-state index in [1.807, 2.05) is 0 Å². The van der Waals surface area contributed by atoms with Crippen LogP contribution in [0.4, 0.5) is 0 Å². The van der Waals surface area contributed by atoms with E-state index in [-0.39, 0.29) is 0 Å². The molecule has 0 saturated heterocycles. The first-order chi connectivity index (χ1) is 8.35. The van der Waals surface area contributed by atoms with Crippen LogP contribution in [-0.2, 0) is 0 Å². The van der Waals surface area contributed by atoms with Gasteiger partial charge in [-0.25, -0.2) is 0 Å². The van der Waals surface area contributed by atoms with Crippen molar-refractivity contribution in [3.05, 3.63) is 0 Å². The summed E-state index contributed by atoms with van der Waals surface area (Å²) in [4.78, 5) is 0. The highest BCUT2D eigenvalue weighted by atomic mass is 14.6. The molecule has 0 heterocycles. The Labute approximate surface area is 121 Å². The van der Waals surface area contributed by atoms with Gasteiger partial charge in [0.15, 0.2) is 0 Å². The molecule has 0 aliphatic heterocycles. The van der Waals surface area contributed by atoms with Crippen LogP contribution in [0.2, 0.25) is 0 Å². The highest BCUT2D eigenvalue weighted by molar-refractivity contribution is 5.02. The van der Waals surface area contributed by atoms with Gasteiger partial charge in [-0.3, -0.25) is 0 Å². The third kappa shape index (κ3) is 3.03. The lowest BCUT2D eigenvalue weighted by molar-refractivity contribution is -0.0145. The van der Waals surface area contributed by atoms with Crippen LogP contribution in [0.15, 0.2) is 0 Å². The minimum atomic E-state index is 0.518. The molecule has 0 radical (unpaired) electrons. The van der Waals surface area contributed by atoms with Crippen molar-refractivity contribution in [1.82, 2.24) is 0 Å². The molecule has 2 rings (SSSR count). The summed E-state index contributed by atoms with van der Waals surface area (Å²) in [6.07, 6.45) is 7.12. The van der Waals surface area contributed by atoms with Crippen LogP contribution in [0.25, 0.3) is 0 Å². The fourth-order valence-corrected chi connectivity index (χ4v) is 6.13. The Morgan fingerprint density at radius 3 is 1.53 bits per heavy atom. The van der Waals surface area contributed by atoms with Crippen LogP contribution < -0.4 is 0 Å². The largest absolute Gasteiger partial charge is 0.0599 e. The normalized spacial score (nSPS) is 39.2. The fraction of sp³-hybridized carbons (Fsp3) is 1.00. The van der Waals surface area contributed by atoms with E-state index in [4.69, 9.17) is 0 Å². The Morgan fingerprint density at radius 1 is 0.632 bits per heavy atom. The molecule has 112 valence electrons. The van der Waals surface area contributed by atoms with Crippen molar-refractivity contribution in [1.29, 1.82) is 0 Å². The Hall–Kier alpha value is 0. The van der Waals surface area contributed by atoms with Crippen LogP contribution in [0, 0.1) is 33.5 Å². The summed E-state index contributed by atoms with van der Waals surface area (Å²) in [5, 5.41) is 0. The zero-order valence-corrected chi connectivity index (χ0v) is 14.7. The van der Waals surface area contributed by atoms with Crippen molar-refractivity contribution in [3.8, 4) is 0 Å². The van der Waals surface area contributed by atoms with E-state index in [9.17, 15) is 0 Å². The highest BCUT2D eigenvalue weighted by Crippen LogP contribution is 2.62. The van der Waals surface area contributed by atoms with Gasteiger partial charge in [-0.1, -0.05) is 55.4 Å². The third-order valence-electron chi connectivity index (χ3n) is 6.27. The predicted octanol–water partition coefficient (Wildman–Crippen LogP) is 6.30. The predicted molar refractivity (Wildman–Crippen MR) is 85.2 cm³/mol. The summed E-state index contributed by atoms with van der Waals surface area (Å²) >= 11 is 0. The van der Waals surface area contributed by atoms with E-state index in [1.165, 1.54) is 32.1 Å². The molecule has 2 saturated carbocycles. The van der Waals surface area contributed by atoms with Gasteiger partial charge < -0.3 is 0 Å². The van der Waals surface area contributed by atoms with Gasteiger partial charge >= 0.3 is 0 Å². The molecule has 19 heavy (non-hydrogen) atoms. The topological polar surface area (TPSA) is 0 Å². The van der Waals surface area contributed by atoms with Gasteiger partial charge in [0.2, 0.25) is 0 Å². The average molecular weight is 264 g/mol. The molecule has 0 aromatic rings. The first-order valence-electron chi connectivity index (χ1n) is 8.35. The van der Waals surface area contributed by atoms with Gasteiger partial charge in [0.25, 0.3) is 0 Å². The molecule has 0 aromatic heterocycles. The summed E-state index contributed by atoms with van der Waals surface area (Å²) in [5.74, 6) is 1.85. The maximum atomic E-state index is 2.54. The second kappa shape index (κ2) is 4.25. The number of hydrogen-bond acceptors (Lipinski definition) is 0. The van der Waals surface area contributed by atoms with Crippen molar-refractivity contribution in [2.75, 3.05) is 0 Å². The standard InChI is InChI=1S/C19H36/c1-16(2)10-9-14(18(5,6)12-16)15-11-17(3,4)13-19(15,7)8/h14-15H,9-13H2,1-8H3. The van der Waals surface area contributed by atoms with E-state index >= 15 is 0 Å². The van der Waals surface area contributed by atoms with E-state index in [1.54, 1.807) is 0 Å². The third-order valence-corrected chi connectivity index (χ3v) is 6.27. The van der Waals surface area contributed by atoms with Gasteiger partial charge in [0.1, 0.15) is 0 Å².